The van der Waals surface area contributed by atoms with Crippen molar-refractivity contribution in [1.29, 1.82) is 0 Å². The van der Waals surface area contributed by atoms with Gasteiger partial charge in [-0.15, -0.1) is 0 Å². The van der Waals surface area contributed by atoms with Gasteiger partial charge in [0.15, 0.2) is 0 Å². The predicted octanol–water partition coefficient (Wildman–Crippen LogP) is 5.16. The molecule has 0 saturated heterocycles. The molecule has 1 N–H and O–H groups in total. The molecule has 0 bridgehead atoms. The van der Waals surface area contributed by atoms with Crippen molar-refractivity contribution in [3.05, 3.63) is 49.9 Å². The van der Waals surface area contributed by atoms with Gasteiger partial charge in [-0.3, -0.25) is 0 Å². The van der Waals surface area contributed by atoms with E-state index >= 15 is 0 Å². The number of benzene rings is 2. The molecule has 2 aromatic carbocycles. The Balaban J connectivity index is 2.30. The van der Waals surface area contributed by atoms with Gasteiger partial charge in [0, 0.05) is 5.02 Å². The number of hydrogen-bond donors (Lipinski definition) is 1. The zero-order valence-electron chi connectivity index (χ0n) is 10.5. The lowest BCUT2D eigenvalue weighted by molar-refractivity contribution is 0.282. The molecule has 0 aliphatic heterocycles. The van der Waals surface area contributed by atoms with Crippen LogP contribution in [0.3, 0.4) is 0 Å². The van der Waals surface area contributed by atoms with Crippen LogP contribution in [-0.4, -0.2) is 12.2 Å². The Labute approximate surface area is 138 Å². The smallest absolute Gasteiger partial charge is 0.143 e. The molecule has 0 fully saturated rings. The summed E-state index contributed by atoms with van der Waals surface area (Å²) in [5, 5.41) is 9.55. The Bertz CT molecular complexity index is 632. The highest BCUT2D eigenvalue weighted by molar-refractivity contribution is 9.11. The Kier molecular flexibility index (Phi) is 5.32. The molecule has 0 aliphatic rings. The van der Waals surface area contributed by atoms with Crippen LogP contribution in [0, 0.1) is 0 Å². The molecule has 106 valence electrons. The zero-order valence-corrected chi connectivity index (χ0v) is 14.4. The maximum absolute atomic E-state index is 9.08. The van der Waals surface area contributed by atoms with Crippen LogP contribution >= 0.6 is 43.5 Å². The first-order chi connectivity index (χ1) is 9.55. The van der Waals surface area contributed by atoms with E-state index in [0.717, 1.165) is 8.95 Å². The Hall–Kier alpha value is -0.750. The SMILES string of the molecule is COc1cc(Br)c(Oc2ccc(CO)c(Cl)c2)cc1Br. The lowest BCUT2D eigenvalue weighted by atomic mass is 10.2. The molecular weight excluding hydrogens is 411 g/mol. The molecule has 2 rings (SSSR count). The fourth-order valence-corrected chi connectivity index (χ4v) is 2.71. The lowest BCUT2D eigenvalue weighted by Crippen LogP contribution is -1.91. The van der Waals surface area contributed by atoms with Gasteiger partial charge in [-0.05, 0) is 61.7 Å². The van der Waals surface area contributed by atoms with Crippen LogP contribution in [0.25, 0.3) is 0 Å². The van der Waals surface area contributed by atoms with Crippen LogP contribution in [0.15, 0.2) is 39.3 Å². The maximum Gasteiger partial charge on any atom is 0.143 e. The molecule has 0 unspecified atom stereocenters. The third-order valence-corrected chi connectivity index (χ3v) is 4.22. The standard InChI is InChI=1S/C14H11Br2ClO3/c1-19-13-5-11(16)14(6-10(13)15)20-9-3-2-8(7-18)12(17)4-9/h2-6,18H,7H2,1H3. The summed E-state index contributed by atoms with van der Waals surface area (Å²) in [6.45, 7) is -0.100. The maximum atomic E-state index is 9.08. The van der Waals surface area contributed by atoms with Crippen LogP contribution in [0.5, 0.6) is 17.2 Å². The summed E-state index contributed by atoms with van der Waals surface area (Å²) in [6, 6.07) is 8.75. The Morgan fingerprint density at radius 2 is 1.75 bits per heavy atom. The highest BCUT2D eigenvalue weighted by Crippen LogP contribution is 2.38. The van der Waals surface area contributed by atoms with Crippen LogP contribution in [-0.2, 0) is 6.61 Å². The zero-order chi connectivity index (χ0) is 14.7. The van der Waals surface area contributed by atoms with E-state index in [0.29, 0.717) is 27.8 Å². The molecule has 0 heterocycles. The summed E-state index contributed by atoms with van der Waals surface area (Å²) in [5.41, 5.74) is 0.661. The highest BCUT2D eigenvalue weighted by Gasteiger charge is 2.10. The van der Waals surface area contributed by atoms with E-state index < -0.39 is 0 Å². The second kappa shape index (κ2) is 6.80. The molecule has 2 aromatic rings. The third-order valence-electron chi connectivity index (χ3n) is 2.63. The summed E-state index contributed by atoms with van der Waals surface area (Å²) in [6.07, 6.45) is 0. The monoisotopic (exact) mass is 420 g/mol. The van der Waals surface area contributed by atoms with Crippen LogP contribution in [0.4, 0.5) is 0 Å². The normalized spacial score (nSPS) is 10.4. The summed E-state index contributed by atoms with van der Waals surface area (Å²) < 4.78 is 12.5. The third kappa shape index (κ3) is 3.47. The van der Waals surface area contributed by atoms with E-state index in [4.69, 9.17) is 26.2 Å². The van der Waals surface area contributed by atoms with Gasteiger partial charge in [-0.25, -0.2) is 0 Å². The van der Waals surface area contributed by atoms with Crippen molar-refractivity contribution in [2.45, 2.75) is 6.61 Å². The summed E-state index contributed by atoms with van der Waals surface area (Å²) in [5.74, 6) is 1.92. The molecular formula is C14H11Br2ClO3. The van der Waals surface area contributed by atoms with Gasteiger partial charge in [-0.2, -0.15) is 0 Å². The van der Waals surface area contributed by atoms with E-state index in [1.807, 2.05) is 6.07 Å². The number of aliphatic hydroxyl groups excluding tert-OH is 1. The molecule has 6 heteroatoms. The summed E-state index contributed by atoms with van der Waals surface area (Å²) >= 11 is 12.9. The molecule has 0 spiro atoms. The van der Waals surface area contributed by atoms with E-state index in [1.54, 1.807) is 31.4 Å². The van der Waals surface area contributed by atoms with Crippen molar-refractivity contribution < 1.29 is 14.6 Å². The highest BCUT2D eigenvalue weighted by atomic mass is 79.9. The average molecular weight is 423 g/mol. The van der Waals surface area contributed by atoms with Crippen molar-refractivity contribution >= 4 is 43.5 Å². The largest absolute Gasteiger partial charge is 0.496 e. The minimum atomic E-state index is -0.100. The minimum absolute atomic E-state index is 0.100. The minimum Gasteiger partial charge on any atom is -0.496 e. The van der Waals surface area contributed by atoms with Gasteiger partial charge in [0.2, 0.25) is 0 Å². The second-order valence-corrected chi connectivity index (χ2v) is 6.05. The number of hydrogen-bond acceptors (Lipinski definition) is 3. The molecule has 3 nitrogen and oxygen atoms in total. The van der Waals surface area contributed by atoms with Gasteiger partial charge >= 0.3 is 0 Å². The van der Waals surface area contributed by atoms with Gasteiger partial charge in [-0.1, -0.05) is 17.7 Å². The van der Waals surface area contributed by atoms with Crippen molar-refractivity contribution in [2.75, 3.05) is 7.11 Å². The van der Waals surface area contributed by atoms with Crippen molar-refractivity contribution in [1.82, 2.24) is 0 Å². The second-order valence-electron chi connectivity index (χ2n) is 3.93. The lowest BCUT2D eigenvalue weighted by Gasteiger charge is -2.12. The summed E-state index contributed by atoms with van der Waals surface area (Å²) in [4.78, 5) is 0. The molecule has 0 aromatic heterocycles. The molecule has 0 atom stereocenters. The van der Waals surface area contributed by atoms with Gasteiger partial charge < -0.3 is 14.6 Å². The summed E-state index contributed by atoms with van der Waals surface area (Å²) in [7, 11) is 1.60. The first-order valence-electron chi connectivity index (χ1n) is 5.65. The van der Waals surface area contributed by atoms with Crippen molar-refractivity contribution in [3.63, 3.8) is 0 Å². The van der Waals surface area contributed by atoms with Crippen molar-refractivity contribution in [3.8, 4) is 17.2 Å². The first kappa shape index (κ1) is 15.6. The van der Waals surface area contributed by atoms with Gasteiger partial charge in [0.1, 0.15) is 17.2 Å². The predicted molar refractivity (Wildman–Crippen MR) is 85.8 cm³/mol. The molecule has 0 saturated carbocycles. The molecule has 0 amide bonds. The topological polar surface area (TPSA) is 38.7 Å². The van der Waals surface area contributed by atoms with Gasteiger partial charge in [0.05, 0.1) is 22.7 Å². The van der Waals surface area contributed by atoms with Crippen LogP contribution in [0.1, 0.15) is 5.56 Å². The number of aliphatic hydroxyl groups is 1. The van der Waals surface area contributed by atoms with Gasteiger partial charge in [0.25, 0.3) is 0 Å². The fourth-order valence-electron chi connectivity index (χ4n) is 1.59. The van der Waals surface area contributed by atoms with Crippen LogP contribution in [0.2, 0.25) is 5.02 Å². The molecule has 0 aliphatic carbocycles. The Morgan fingerprint density at radius 3 is 2.35 bits per heavy atom. The fraction of sp³-hybridized carbons (Fsp3) is 0.143. The van der Waals surface area contributed by atoms with E-state index in [2.05, 4.69) is 31.9 Å². The number of rotatable bonds is 4. The Morgan fingerprint density at radius 1 is 1.10 bits per heavy atom. The quantitative estimate of drug-likeness (QED) is 0.740. The van der Waals surface area contributed by atoms with E-state index in [9.17, 15) is 0 Å². The van der Waals surface area contributed by atoms with Crippen molar-refractivity contribution in [2.24, 2.45) is 0 Å². The number of ether oxygens (including phenoxy) is 2. The van der Waals surface area contributed by atoms with Crippen LogP contribution < -0.4 is 9.47 Å². The number of methoxy groups -OCH3 is 1. The van der Waals surface area contributed by atoms with E-state index in [-0.39, 0.29) is 6.61 Å². The molecule has 20 heavy (non-hydrogen) atoms. The average Bonchev–Trinajstić information content (AvgIpc) is 2.42. The number of halogens is 3. The molecule has 0 radical (unpaired) electrons. The van der Waals surface area contributed by atoms with E-state index in [1.165, 1.54) is 0 Å². The first-order valence-corrected chi connectivity index (χ1v) is 7.61.